The Morgan fingerprint density at radius 1 is 0.957 bits per heavy atom. The van der Waals surface area contributed by atoms with E-state index in [4.69, 9.17) is 0 Å². The number of pyridine rings is 1. The molecule has 0 radical (unpaired) electrons. The molecule has 3 aromatic rings. The number of aromatic nitrogens is 1. The van der Waals surface area contributed by atoms with Crippen LogP contribution in [0.15, 0.2) is 71.3 Å². The Kier molecular flexibility index (Phi) is 2.73. The zero-order valence-electron chi connectivity index (χ0n) is 12.3. The second-order valence-corrected chi connectivity index (χ2v) is 6.70. The summed E-state index contributed by atoms with van der Waals surface area (Å²) in [5, 5.41) is 0. The SMILES string of the molecule is Brc1ccc2c3c1C(C=C3)c1ccc(cc1)N2c1ccccn1. The van der Waals surface area contributed by atoms with Crippen molar-refractivity contribution >= 4 is 39.2 Å². The second kappa shape index (κ2) is 4.80. The number of hydrogen-bond acceptors (Lipinski definition) is 2. The lowest BCUT2D eigenvalue weighted by molar-refractivity contribution is 1.04. The molecule has 0 amide bonds. The van der Waals surface area contributed by atoms with E-state index in [0.29, 0.717) is 5.92 Å². The molecule has 0 saturated heterocycles. The molecule has 1 unspecified atom stereocenters. The van der Waals surface area contributed by atoms with E-state index in [-0.39, 0.29) is 0 Å². The van der Waals surface area contributed by atoms with Gasteiger partial charge >= 0.3 is 0 Å². The van der Waals surface area contributed by atoms with E-state index in [1.54, 1.807) is 0 Å². The van der Waals surface area contributed by atoms with Gasteiger partial charge in [-0.3, -0.25) is 4.90 Å². The van der Waals surface area contributed by atoms with Crippen LogP contribution < -0.4 is 4.90 Å². The molecule has 1 aromatic heterocycles. The van der Waals surface area contributed by atoms with Crippen LogP contribution in [0.5, 0.6) is 0 Å². The van der Waals surface area contributed by atoms with Crippen molar-refractivity contribution in [3.05, 3.63) is 88.0 Å². The Balaban J connectivity index is 1.89. The van der Waals surface area contributed by atoms with Crippen LogP contribution in [0.4, 0.5) is 17.2 Å². The zero-order chi connectivity index (χ0) is 15.4. The van der Waals surface area contributed by atoms with Gasteiger partial charge in [-0.1, -0.05) is 46.3 Å². The van der Waals surface area contributed by atoms with Crippen LogP contribution in [0.2, 0.25) is 0 Å². The van der Waals surface area contributed by atoms with Crippen molar-refractivity contribution < 1.29 is 0 Å². The number of halogens is 1. The number of benzene rings is 2. The van der Waals surface area contributed by atoms with Gasteiger partial charge in [-0.25, -0.2) is 4.98 Å². The van der Waals surface area contributed by atoms with Gasteiger partial charge in [0.2, 0.25) is 0 Å². The third kappa shape index (κ3) is 1.83. The van der Waals surface area contributed by atoms with Gasteiger partial charge in [0, 0.05) is 27.8 Å². The molecule has 6 rings (SSSR count). The molecule has 0 saturated carbocycles. The summed E-state index contributed by atoms with van der Waals surface area (Å²) in [7, 11) is 0. The molecule has 6 bridgehead atoms. The van der Waals surface area contributed by atoms with E-state index >= 15 is 0 Å². The van der Waals surface area contributed by atoms with Crippen LogP contribution in [-0.4, -0.2) is 4.98 Å². The van der Waals surface area contributed by atoms with Gasteiger partial charge in [0.1, 0.15) is 5.82 Å². The Morgan fingerprint density at radius 2 is 1.83 bits per heavy atom. The molecule has 3 aliphatic rings. The molecule has 0 spiro atoms. The standard InChI is InChI=1S/C20H13BrN2/c21-17-10-11-18-16-9-8-15(20(16)17)13-4-6-14(7-5-13)23(18)19-3-1-2-12-22-19/h1-12,15H. The largest absolute Gasteiger partial charge is 0.294 e. The van der Waals surface area contributed by atoms with Gasteiger partial charge in [0.15, 0.2) is 0 Å². The Hall–Kier alpha value is -2.39. The minimum absolute atomic E-state index is 0.317. The van der Waals surface area contributed by atoms with Crippen LogP contribution in [0, 0.1) is 0 Å². The van der Waals surface area contributed by atoms with E-state index in [0.717, 1.165) is 16.0 Å². The van der Waals surface area contributed by atoms with E-state index in [1.807, 2.05) is 18.3 Å². The highest BCUT2D eigenvalue weighted by Crippen LogP contribution is 2.48. The fourth-order valence-electron chi connectivity index (χ4n) is 3.56. The Labute approximate surface area is 143 Å². The van der Waals surface area contributed by atoms with E-state index in [2.05, 4.69) is 80.4 Å². The van der Waals surface area contributed by atoms with Crippen molar-refractivity contribution in [3.8, 4) is 0 Å². The van der Waals surface area contributed by atoms with Crippen molar-refractivity contribution in [2.24, 2.45) is 0 Å². The Morgan fingerprint density at radius 3 is 2.61 bits per heavy atom. The molecular weight excluding hydrogens is 348 g/mol. The number of fused-ring (bicyclic) bond motifs is 2. The first-order valence-electron chi connectivity index (χ1n) is 7.65. The summed E-state index contributed by atoms with van der Waals surface area (Å²) in [5.74, 6) is 1.25. The predicted octanol–water partition coefficient (Wildman–Crippen LogP) is 5.79. The van der Waals surface area contributed by atoms with Gasteiger partial charge in [-0.05, 0) is 47.5 Å². The average Bonchev–Trinajstić information content (AvgIpc) is 3.06. The lowest BCUT2D eigenvalue weighted by Crippen LogP contribution is -2.12. The van der Waals surface area contributed by atoms with Gasteiger partial charge in [-0.15, -0.1) is 0 Å². The fraction of sp³-hybridized carbons (Fsp3) is 0.0500. The maximum absolute atomic E-state index is 4.58. The van der Waals surface area contributed by atoms with Gasteiger partial charge in [0.25, 0.3) is 0 Å². The molecule has 2 aromatic carbocycles. The summed E-state index contributed by atoms with van der Waals surface area (Å²) >= 11 is 3.75. The molecule has 2 nitrogen and oxygen atoms in total. The molecule has 1 atom stereocenters. The smallest absolute Gasteiger partial charge is 0.137 e. The topological polar surface area (TPSA) is 16.1 Å². The minimum atomic E-state index is 0.317. The predicted molar refractivity (Wildman–Crippen MR) is 97.5 cm³/mol. The quantitative estimate of drug-likeness (QED) is 0.546. The normalized spacial score (nSPS) is 17.1. The number of hydrogen-bond donors (Lipinski definition) is 0. The van der Waals surface area contributed by atoms with Gasteiger partial charge in [0.05, 0.1) is 5.69 Å². The van der Waals surface area contributed by atoms with Gasteiger partial charge in [-0.2, -0.15) is 0 Å². The summed E-state index contributed by atoms with van der Waals surface area (Å²) in [6.45, 7) is 0. The molecule has 0 N–H and O–H groups in total. The molecule has 23 heavy (non-hydrogen) atoms. The molecular formula is C20H13BrN2. The molecule has 3 heteroatoms. The van der Waals surface area contributed by atoms with E-state index in [1.165, 1.54) is 22.4 Å². The number of anilines is 3. The zero-order valence-corrected chi connectivity index (χ0v) is 13.9. The van der Waals surface area contributed by atoms with Crippen LogP contribution in [-0.2, 0) is 0 Å². The summed E-state index contributed by atoms with van der Waals surface area (Å²) in [6, 6.07) is 19.2. The van der Waals surface area contributed by atoms with Crippen molar-refractivity contribution in [1.82, 2.24) is 4.98 Å². The van der Waals surface area contributed by atoms with E-state index < -0.39 is 0 Å². The highest BCUT2D eigenvalue weighted by Gasteiger charge is 2.29. The third-order valence-electron chi connectivity index (χ3n) is 4.61. The van der Waals surface area contributed by atoms with Crippen molar-refractivity contribution in [2.75, 3.05) is 4.90 Å². The van der Waals surface area contributed by atoms with Crippen LogP contribution in [0.1, 0.15) is 22.6 Å². The van der Waals surface area contributed by atoms with Crippen molar-refractivity contribution in [2.45, 2.75) is 5.92 Å². The third-order valence-corrected chi connectivity index (χ3v) is 5.30. The van der Waals surface area contributed by atoms with E-state index in [9.17, 15) is 0 Å². The van der Waals surface area contributed by atoms with Gasteiger partial charge < -0.3 is 0 Å². The fourth-order valence-corrected chi connectivity index (χ4v) is 4.15. The molecule has 0 fully saturated rings. The van der Waals surface area contributed by atoms with Crippen LogP contribution >= 0.6 is 15.9 Å². The van der Waals surface area contributed by atoms with Crippen molar-refractivity contribution in [1.29, 1.82) is 0 Å². The lowest BCUT2D eigenvalue weighted by Gasteiger charge is -2.26. The summed E-state index contributed by atoms with van der Waals surface area (Å²) < 4.78 is 1.16. The second-order valence-electron chi connectivity index (χ2n) is 5.85. The van der Waals surface area contributed by atoms with Crippen molar-refractivity contribution in [3.63, 3.8) is 0 Å². The highest BCUT2D eigenvalue weighted by molar-refractivity contribution is 9.10. The number of nitrogens with zero attached hydrogens (tertiary/aromatic N) is 2. The molecule has 2 aliphatic heterocycles. The van der Waals surface area contributed by atoms with Crippen LogP contribution in [0.3, 0.4) is 0 Å². The maximum atomic E-state index is 4.58. The lowest BCUT2D eigenvalue weighted by atomic mass is 9.93. The maximum Gasteiger partial charge on any atom is 0.137 e. The van der Waals surface area contributed by atoms with Crippen LogP contribution in [0.25, 0.3) is 6.08 Å². The summed E-state index contributed by atoms with van der Waals surface area (Å²) in [4.78, 5) is 6.81. The monoisotopic (exact) mass is 360 g/mol. The molecule has 1 aliphatic carbocycles. The first kappa shape index (κ1) is 13.1. The molecule has 110 valence electrons. The minimum Gasteiger partial charge on any atom is -0.294 e. The summed E-state index contributed by atoms with van der Waals surface area (Å²) in [6.07, 6.45) is 6.37. The highest BCUT2D eigenvalue weighted by atomic mass is 79.9. The number of allylic oxidation sites excluding steroid dienone is 1. The molecule has 3 heterocycles. The average molecular weight is 361 g/mol. The number of rotatable bonds is 1. The summed E-state index contributed by atoms with van der Waals surface area (Å²) in [5.41, 5.74) is 6.25. The first-order chi connectivity index (χ1) is 11.3. The first-order valence-corrected chi connectivity index (χ1v) is 8.44. The Bertz CT molecular complexity index is 930.